The van der Waals surface area contributed by atoms with Gasteiger partial charge in [-0.2, -0.15) is 0 Å². The Labute approximate surface area is 203 Å². The van der Waals surface area contributed by atoms with Gasteiger partial charge in [-0.15, -0.1) is 0 Å². The first-order valence-electron chi connectivity index (χ1n) is 13.6. The molecule has 4 nitrogen and oxygen atoms in total. The third-order valence-electron chi connectivity index (χ3n) is 11.5. The van der Waals surface area contributed by atoms with E-state index >= 15 is 0 Å². The van der Waals surface area contributed by atoms with Gasteiger partial charge in [0, 0.05) is 18.8 Å². The molecule has 4 unspecified atom stereocenters. The maximum absolute atomic E-state index is 12.6. The van der Waals surface area contributed by atoms with E-state index in [0.717, 1.165) is 12.8 Å². The van der Waals surface area contributed by atoms with Gasteiger partial charge < -0.3 is 13.9 Å². The number of hydrogen-bond acceptors (Lipinski definition) is 4. The topological polar surface area (TPSA) is 44.8 Å². The van der Waals surface area contributed by atoms with Gasteiger partial charge in [-0.05, 0) is 92.7 Å². The average molecular weight is 477 g/mol. The molecule has 33 heavy (non-hydrogen) atoms. The molecule has 5 fully saturated rings. The Balaban J connectivity index is 1.49. The van der Waals surface area contributed by atoms with E-state index in [1.54, 1.807) is 0 Å². The fourth-order valence-corrected chi connectivity index (χ4v) is 10.1. The van der Waals surface area contributed by atoms with Crippen molar-refractivity contribution in [2.24, 2.45) is 34.5 Å². The molecule has 0 spiro atoms. The molecule has 4 saturated carbocycles. The summed E-state index contributed by atoms with van der Waals surface area (Å²) in [5.74, 6) is 1.92. The van der Waals surface area contributed by atoms with Crippen LogP contribution >= 0.6 is 0 Å². The molecule has 0 N–H and O–H groups in total. The quantitative estimate of drug-likeness (QED) is 0.415. The second-order valence-electron chi connectivity index (χ2n) is 14.7. The van der Waals surface area contributed by atoms with Gasteiger partial charge in [-0.25, -0.2) is 0 Å². The van der Waals surface area contributed by atoms with E-state index < -0.39 is 14.1 Å². The zero-order valence-electron chi connectivity index (χ0n) is 22.6. The molecule has 5 rings (SSSR count). The third-order valence-corrected chi connectivity index (χ3v) is 16.0. The monoisotopic (exact) mass is 476 g/mol. The van der Waals surface area contributed by atoms with Crippen LogP contribution in [0.15, 0.2) is 0 Å². The second-order valence-corrected chi connectivity index (χ2v) is 19.5. The smallest absolute Gasteiger partial charge is 0.192 e. The molecule has 0 aromatic carbocycles. The Kier molecular flexibility index (Phi) is 5.48. The van der Waals surface area contributed by atoms with E-state index in [1.807, 2.05) is 0 Å². The highest BCUT2D eigenvalue weighted by Gasteiger charge is 2.69. The summed E-state index contributed by atoms with van der Waals surface area (Å²) in [5, 5.41) is 0.232. The number of ether oxygens (including phenoxy) is 2. The van der Waals surface area contributed by atoms with Crippen LogP contribution in [-0.4, -0.2) is 38.2 Å². The molecule has 0 radical (unpaired) electrons. The van der Waals surface area contributed by atoms with Gasteiger partial charge >= 0.3 is 0 Å². The first-order valence-corrected chi connectivity index (χ1v) is 16.6. The van der Waals surface area contributed by atoms with Crippen molar-refractivity contribution in [1.82, 2.24) is 0 Å². The van der Waals surface area contributed by atoms with Gasteiger partial charge in [0.2, 0.25) is 0 Å². The van der Waals surface area contributed by atoms with Gasteiger partial charge in [0.25, 0.3) is 0 Å². The Morgan fingerprint density at radius 1 is 0.879 bits per heavy atom. The Morgan fingerprint density at radius 3 is 2.18 bits per heavy atom. The number of hydrogen-bond donors (Lipinski definition) is 0. The molecule has 1 saturated heterocycles. The van der Waals surface area contributed by atoms with E-state index in [4.69, 9.17) is 13.9 Å². The van der Waals surface area contributed by atoms with Gasteiger partial charge in [-0.1, -0.05) is 34.6 Å². The highest BCUT2D eigenvalue weighted by molar-refractivity contribution is 6.74. The fourth-order valence-electron chi connectivity index (χ4n) is 8.65. The summed E-state index contributed by atoms with van der Waals surface area (Å²) >= 11 is 0. The molecule has 9 atom stereocenters. The SMILES string of the molecule is CC1(C)O[C@@H]2C3C(CC[C@@]4(C)C3CC[C@@H]4O[Si](C)(C)C(C)(C)C)[C@@]3(C)CCC(=O)CC3[C@H]2O1. The molecular weight excluding hydrogens is 428 g/mol. The molecule has 0 bridgehead atoms. The lowest BCUT2D eigenvalue weighted by molar-refractivity contribution is -0.184. The number of Topliss-reactive ketones (excluding diaryl/α,β-unsaturated/α-hetero) is 1. The summed E-state index contributed by atoms with van der Waals surface area (Å²) in [6.45, 7) is 21.1. The van der Waals surface area contributed by atoms with E-state index in [9.17, 15) is 4.79 Å². The van der Waals surface area contributed by atoms with Crippen LogP contribution in [0.1, 0.15) is 93.4 Å². The van der Waals surface area contributed by atoms with Crippen molar-refractivity contribution in [3.8, 4) is 0 Å². The van der Waals surface area contributed by atoms with Crippen LogP contribution in [0.2, 0.25) is 18.1 Å². The zero-order valence-corrected chi connectivity index (χ0v) is 23.6. The number of carbonyl (C=O) groups excluding carboxylic acids is 1. The van der Waals surface area contributed by atoms with Crippen molar-refractivity contribution in [3.05, 3.63) is 0 Å². The molecular formula is C28H48O4Si. The van der Waals surface area contributed by atoms with Crippen molar-refractivity contribution >= 4 is 14.1 Å². The molecule has 188 valence electrons. The van der Waals surface area contributed by atoms with Crippen LogP contribution in [0.4, 0.5) is 0 Å². The first kappa shape index (κ1) is 24.5. The maximum Gasteiger partial charge on any atom is 0.192 e. The minimum absolute atomic E-state index is 0.0539. The third kappa shape index (κ3) is 3.57. The molecule has 0 amide bonds. The van der Waals surface area contributed by atoms with Crippen molar-refractivity contribution in [2.75, 3.05) is 0 Å². The summed E-state index contributed by atoms with van der Waals surface area (Å²) in [6.07, 6.45) is 7.88. The normalized spacial score (nSPS) is 49.2. The van der Waals surface area contributed by atoms with E-state index in [0.29, 0.717) is 42.0 Å². The summed E-state index contributed by atoms with van der Waals surface area (Å²) in [7, 11) is -1.83. The van der Waals surface area contributed by atoms with Crippen molar-refractivity contribution in [2.45, 2.75) is 136 Å². The average Bonchev–Trinajstić information content (AvgIpc) is 3.18. The molecule has 4 aliphatic carbocycles. The van der Waals surface area contributed by atoms with Crippen molar-refractivity contribution < 1.29 is 18.7 Å². The predicted octanol–water partition coefficient (Wildman–Crippen LogP) is 6.73. The van der Waals surface area contributed by atoms with E-state index in [-0.39, 0.29) is 28.1 Å². The summed E-state index contributed by atoms with van der Waals surface area (Å²) in [4.78, 5) is 12.6. The van der Waals surface area contributed by atoms with E-state index in [2.05, 4.69) is 61.6 Å². The maximum atomic E-state index is 12.6. The Bertz CT molecular complexity index is 815. The number of fused-ring (bicyclic) bond motifs is 8. The van der Waals surface area contributed by atoms with Gasteiger partial charge in [0.05, 0.1) is 18.3 Å². The van der Waals surface area contributed by atoms with Crippen LogP contribution in [0, 0.1) is 34.5 Å². The van der Waals surface area contributed by atoms with E-state index in [1.165, 1.54) is 25.7 Å². The van der Waals surface area contributed by atoms with Gasteiger partial charge in [0.15, 0.2) is 14.1 Å². The molecule has 1 aliphatic heterocycles. The number of ketones is 1. The predicted molar refractivity (Wildman–Crippen MR) is 133 cm³/mol. The molecule has 0 aromatic rings. The number of carbonyl (C=O) groups is 1. The van der Waals surface area contributed by atoms with Crippen LogP contribution in [0.25, 0.3) is 0 Å². The highest BCUT2D eigenvalue weighted by atomic mass is 28.4. The van der Waals surface area contributed by atoms with Gasteiger partial charge in [0.1, 0.15) is 5.78 Å². The minimum atomic E-state index is -1.83. The first-order chi connectivity index (χ1) is 15.1. The molecule has 0 aromatic heterocycles. The van der Waals surface area contributed by atoms with Crippen LogP contribution in [0.3, 0.4) is 0 Å². The second kappa shape index (κ2) is 7.40. The summed E-state index contributed by atoms with van der Waals surface area (Å²) in [6, 6.07) is 0. The fraction of sp³-hybridized carbons (Fsp3) is 0.964. The summed E-state index contributed by atoms with van der Waals surface area (Å²) in [5.41, 5.74) is 0.397. The standard InChI is InChI=1S/C28H48O4Si/c1-25(2,3)33(8,9)32-21-11-10-18-22-19(13-15-28(18,21)7)27(6)14-12-17(29)16-20(27)23-24(22)31-26(4,5)30-23/h18-24H,10-16H2,1-9H3/t18?,19?,20?,21-,22?,23+,24+,27+,28-/m0/s1. The van der Waals surface area contributed by atoms with Crippen molar-refractivity contribution in [1.29, 1.82) is 0 Å². The van der Waals surface area contributed by atoms with Gasteiger partial charge in [-0.3, -0.25) is 4.79 Å². The van der Waals surface area contributed by atoms with Crippen molar-refractivity contribution in [3.63, 3.8) is 0 Å². The minimum Gasteiger partial charge on any atom is -0.413 e. The van der Waals surface area contributed by atoms with Crippen LogP contribution in [-0.2, 0) is 18.7 Å². The largest absolute Gasteiger partial charge is 0.413 e. The molecule has 5 heteroatoms. The summed E-state index contributed by atoms with van der Waals surface area (Å²) < 4.78 is 20.5. The molecule has 5 aliphatic rings. The van der Waals surface area contributed by atoms with Crippen LogP contribution < -0.4 is 0 Å². The lowest BCUT2D eigenvalue weighted by atomic mass is 9.44. The zero-order chi connectivity index (χ0) is 24.2. The Hall–Kier alpha value is -0.233. The Morgan fingerprint density at radius 2 is 1.52 bits per heavy atom. The van der Waals surface area contributed by atoms with Crippen LogP contribution in [0.5, 0.6) is 0 Å². The highest BCUT2D eigenvalue weighted by Crippen LogP contribution is 2.68. The lowest BCUT2D eigenvalue weighted by Gasteiger charge is -2.62. The molecule has 1 heterocycles. The number of rotatable bonds is 2. The lowest BCUT2D eigenvalue weighted by Crippen LogP contribution is -2.63.